The first-order valence-corrected chi connectivity index (χ1v) is 12.2. The zero-order chi connectivity index (χ0) is 23.1. The van der Waals surface area contributed by atoms with Crippen LogP contribution in [0.15, 0.2) is 22.9 Å². The van der Waals surface area contributed by atoms with E-state index in [1.807, 2.05) is 4.90 Å². The van der Waals surface area contributed by atoms with Crippen LogP contribution >= 0.6 is 0 Å². The average molecular weight is 477 g/mol. The Kier molecular flexibility index (Phi) is 5.90. The molecule has 1 aromatic heterocycles. The first-order valence-electron chi connectivity index (χ1n) is 12.2. The maximum absolute atomic E-state index is 14.2. The highest BCUT2D eigenvalue weighted by atomic mass is 19.2. The molecule has 0 amide bonds. The Bertz CT molecular complexity index is 987. The Morgan fingerprint density at radius 1 is 1.03 bits per heavy atom. The maximum Gasteiger partial charge on any atom is 0.318 e. The molecule has 0 bridgehead atoms. The molecule has 1 spiro atoms. The Balaban J connectivity index is 1.07. The molecule has 0 unspecified atom stereocenters. The molecule has 4 aliphatic rings. The molecule has 34 heavy (non-hydrogen) atoms. The lowest BCUT2D eigenvalue weighted by Gasteiger charge is -2.46. The Morgan fingerprint density at radius 3 is 2.53 bits per heavy atom. The van der Waals surface area contributed by atoms with E-state index in [0.717, 1.165) is 63.8 Å². The second kappa shape index (κ2) is 9.05. The second-order valence-corrected chi connectivity index (χ2v) is 9.97. The number of likely N-dealkylation sites (tertiary alicyclic amines) is 1. The van der Waals surface area contributed by atoms with Crippen LogP contribution in [0.5, 0.6) is 5.75 Å². The third-order valence-corrected chi connectivity index (χ3v) is 7.77. The van der Waals surface area contributed by atoms with Crippen molar-refractivity contribution < 1.29 is 27.4 Å². The van der Waals surface area contributed by atoms with Gasteiger partial charge in [-0.15, -0.1) is 5.10 Å². The van der Waals surface area contributed by atoms with E-state index in [4.69, 9.17) is 18.6 Å². The smallest absolute Gasteiger partial charge is 0.318 e. The molecule has 5 heterocycles. The summed E-state index contributed by atoms with van der Waals surface area (Å²) in [5, 5.41) is 7.71. The van der Waals surface area contributed by atoms with Crippen molar-refractivity contribution in [1.29, 1.82) is 0 Å². The molecule has 4 fully saturated rings. The summed E-state index contributed by atoms with van der Waals surface area (Å²) in [5.74, 6) is -1.03. The summed E-state index contributed by atoms with van der Waals surface area (Å²) in [6.07, 6.45) is 5.61. The third-order valence-electron chi connectivity index (χ3n) is 7.77. The summed E-state index contributed by atoms with van der Waals surface area (Å²) in [4.78, 5) is 4.53. The van der Waals surface area contributed by atoms with Crippen LogP contribution in [0.1, 0.15) is 43.6 Å². The number of nitrogens with zero attached hydrogens (tertiary/aromatic N) is 4. The van der Waals surface area contributed by atoms with Gasteiger partial charge in [0.25, 0.3) is 0 Å². The van der Waals surface area contributed by atoms with Gasteiger partial charge in [0.05, 0.1) is 32.9 Å². The van der Waals surface area contributed by atoms with Crippen LogP contribution in [0, 0.1) is 11.6 Å². The fourth-order valence-electron chi connectivity index (χ4n) is 5.88. The standard InChI is InChI=1S/C24H30F2N4O4/c25-20-9-19(22(10-21(20)26)34-18-3-7-31-8-4-18)16-1-5-29(6-2-16)17-11-24(33-12-17)13-30(14-24)23-28-27-15-32-23/h9-10,15-18H,1-8,11-14H2/t17-/m0/s1. The molecule has 0 saturated carbocycles. The van der Waals surface area contributed by atoms with Crippen LogP contribution < -0.4 is 9.64 Å². The van der Waals surface area contributed by atoms with Gasteiger partial charge in [-0.05, 0) is 44.3 Å². The Labute approximate surface area is 197 Å². The van der Waals surface area contributed by atoms with Crippen LogP contribution in [-0.2, 0) is 9.47 Å². The molecule has 2 aromatic rings. The summed E-state index contributed by atoms with van der Waals surface area (Å²) < 4.78 is 51.3. The highest BCUT2D eigenvalue weighted by Gasteiger charge is 2.52. The van der Waals surface area contributed by atoms with E-state index in [0.29, 0.717) is 37.6 Å². The zero-order valence-corrected chi connectivity index (χ0v) is 19.1. The molecule has 0 radical (unpaired) electrons. The molecule has 184 valence electrons. The van der Waals surface area contributed by atoms with Crippen molar-refractivity contribution in [3.8, 4) is 5.75 Å². The number of piperidine rings is 1. The van der Waals surface area contributed by atoms with Gasteiger partial charge in [0.1, 0.15) is 17.5 Å². The van der Waals surface area contributed by atoms with Gasteiger partial charge < -0.3 is 23.5 Å². The van der Waals surface area contributed by atoms with Crippen LogP contribution in [0.25, 0.3) is 0 Å². The van der Waals surface area contributed by atoms with Crippen molar-refractivity contribution >= 4 is 6.01 Å². The van der Waals surface area contributed by atoms with Gasteiger partial charge in [0.15, 0.2) is 11.6 Å². The molecule has 8 nitrogen and oxygen atoms in total. The maximum atomic E-state index is 14.2. The molecule has 1 atom stereocenters. The van der Waals surface area contributed by atoms with Crippen LogP contribution in [0.2, 0.25) is 0 Å². The largest absolute Gasteiger partial charge is 0.490 e. The van der Waals surface area contributed by atoms with Gasteiger partial charge in [-0.1, -0.05) is 5.10 Å². The number of halogens is 2. The highest BCUT2D eigenvalue weighted by molar-refractivity contribution is 5.38. The van der Waals surface area contributed by atoms with E-state index in [2.05, 4.69) is 15.1 Å². The van der Waals surface area contributed by atoms with Crippen molar-refractivity contribution in [2.75, 3.05) is 50.9 Å². The molecule has 0 aliphatic carbocycles. The molecule has 6 rings (SSSR count). The number of anilines is 1. The monoisotopic (exact) mass is 476 g/mol. The zero-order valence-electron chi connectivity index (χ0n) is 19.1. The van der Waals surface area contributed by atoms with Crippen molar-refractivity contribution in [1.82, 2.24) is 15.1 Å². The SMILES string of the molecule is Fc1cc(OC2CCOCC2)c(C2CCN([C@@H]3COC4(C3)CN(c3nnco3)C4)CC2)cc1F. The number of aromatic nitrogens is 2. The van der Waals surface area contributed by atoms with E-state index >= 15 is 0 Å². The van der Waals surface area contributed by atoms with Gasteiger partial charge in [0.2, 0.25) is 6.39 Å². The second-order valence-electron chi connectivity index (χ2n) is 9.97. The quantitative estimate of drug-likeness (QED) is 0.652. The van der Waals surface area contributed by atoms with Gasteiger partial charge in [-0.25, -0.2) is 8.78 Å². The lowest BCUT2D eigenvalue weighted by molar-refractivity contribution is -0.0216. The van der Waals surface area contributed by atoms with Crippen molar-refractivity contribution in [2.24, 2.45) is 0 Å². The van der Waals surface area contributed by atoms with E-state index in [-0.39, 0.29) is 17.6 Å². The van der Waals surface area contributed by atoms with Gasteiger partial charge in [-0.2, -0.15) is 0 Å². The Hall–Kier alpha value is -2.30. The van der Waals surface area contributed by atoms with Crippen molar-refractivity contribution in [2.45, 2.75) is 55.8 Å². The van der Waals surface area contributed by atoms with Crippen molar-refractivity contribution in [3.63, 3.8) is 0 Å². The summed E-state index contributed by atoms with van der Waals surface area (Å²) in [7, 11) is 0. The average Bonchev–Trinajstić information content (AvgIpc) is 3.52. The minimum atomic E-state index is -0.855. The van der Waals surface area contributed by atoms with Gasteiger partial charge in [-0.3, -0.25) is 4.90 Å². The fourth-order valence-corrected chi connectivity index (χ4v) is 5.88. The van der Waals surface area contributed by atoms with E-state index in [1.54, 1.807) is 0 Å². The predicted octanol–water partition coefficient (Wildman–Crippen LogP) is 3.13. The lowest BCUT2D eigenvalue weighted by atomic mass is 9.86. The van der Waals surface area contributed by atoms with Crippen LogP contribution in [0.3, 0.4) is 0 Å². The van der Waals surface area contributed by atoms with E-state index < -0.39 is 11.6 Å². The van der Waals surface area contributed by atoms with E-state index in [9.17, 15) is 8.78 Å². The normalized spacial score (nSPS) is 26.2. The van der Waals surface area contributed by atoms with Crippen LogP contribution in [-0.4, -0.2) is 78.8 Å². The van der Waals surface area contributed by atoms with Gasteiger partial charge in [0, 0.05) is 30.5 Å². The summed E-state index contributed by atoms with van der Waals surface area (Å²) in [6.45, 7) is 5.33. The molecule has 4 saturated heterocycles. The first kappa shape index (κ1) is 22.2. The molecule has 10 heteroatoms. The van der Waals surface area contributed by atoms with Crippen LogP contribution in [0.4, 0.5) is 14.8 Å². The number of ether oxygens (including phenoxy) is 3. The minimum Gasteiger partial charge on any atom is -0.490 e. The summed E-state index contributed by atoms with van der Waals surface area (Å²) in [6, 6.07) is 3.49. The number of benzene rings is 1. The molecule has 4 aliphatic heterocycles. The summed E-state index contributed by atoms with van der Waals surface area (Å²) in [5.41, 5.74) is 0.652. The minimum absolute atomic E-state index is 0.0153. The van der Waals surface area contributed by atoms with Crippen molar-refractivity contribution in [3.05, 3.63) is 35.7 Å². The number of hydrogen-bond acceptors (Lipinski definition) is 8. The Morgan fingerprint density at radius 2 is 1.79 bits per heavy atom. The first-order chi connectivity index (χ1) is 16.6. The topological polar surface area (TPSA) is 73.1 Å². The molecule has 0 N–H and O–H groups in total. The molecular weight excluding hydrogens is 446 g/mol. The molecular formula is C24H30F2N4O4. The predicted molar refractivity (Wildman–Crippen MR) is 118 cm³/mol. The lowest BCUT2D eigenvalue weighted by Crippen LogP contribution is -2.62. The summed E-state index contributed by atoms with van der Waals surface area (Å²) >= 11 is 0. The third kappa shape index (κ3) is 4.27. The fraction of sp³-hybridized carbons (Fsp3) is 0.667. The van der Waals surface area contributed by atoms with Gasteiger partial charge >= 0.3 is 6.01 Å². The van der Waals surface area contributed by atoms with E-state index in [1.165, 1.54) is 18.5 Å². The molecule has 1 aromatic carbocycles. The number of hydrogen-bond donors (Lipinski definition) is 0. The number of rotatable bonds is 5. The highest BCUT2D eigenvalue weighted by Crippen LogP contribution is 2.41.